The molecule has 1 aliphatic rings. The Morgan fingerprint density at radius 1 is 0.365 bits per heavy atom. The van der Waals surface area contributed by atoms with E-state index in [4.69, 9.17) is 17.0 Å². The summed E-state index contributed by atoms with van der Waals surface area (Å²) < 4.78 is 0. The van der Waals surface area contributed by atoms with Gasteiger partial charge in [-0.2, -0.15) is 29.5 Å². The number of hydrogen-bond acceptors (Lipinski definition) is 0. The molecule has 0 N–H and O–H groups in total. The second-order valence-corrected chi connectivity index (χ2v) is 23.9. The summed E-state index contributed by atoms with van der Waals surface area (Å²) in [6.45, 7) is 8.72. The first-order valence-electron chi connectivity index (χ1n) is 24.9. The fourth-order valence-electron chi connectivity index (χ4n) is 10.5. The summed E-state index contributed by atoms with van der Waals surface area (Å²) in [5, 5.41) is 8.03. The molecule has 2 radical (unpaired) electrons. The second kappa shape index (κ2) is 23.5. The predicted octanol–water partition coefficient (Wildman–Crippen LogP) is 18.9. The third kappa shape index (κ3) is 11.4. The van der Waals surface area contributed by atoms with Crippen LogP contribution in [0, 0.1) is 33.8 Å². The van der Waals surface area contributed by atoms with Gasteiger partial charge in [0.15, 0.2) is 0 Å². The van der Waals surface area contributed by atoms with Gasteiger partial charge >= 0.3 is 37.9 Å². The van der Waals surface area contributed by atoms with E-state index < -0.39 is 20.8 Å². The molecule has 0 amide bonds. The van der Waals surface area contributed by atoms with Gasteiger partial charge in [0.1, 0.15) is 0 Å². The summed E-state index contributed by atoms with van der Waals surface area (Å²) in [7, 11) is 10.7. The normalized spacial score (nSPS) is 11.1. The van der Waals surface area contributed by atoms with Gasteiger partial charge < -0.3 is 0 Å². The summed E-state index contributed by atoms with van der Waals surface area (Å²) in [6.07, 6.45) is 0. The van der Waals surface area contributed by atoms with E-state index in [1.807, 2.05) is 6.07 Å². The Kier molecular flexibility index (Phi) is 16.1. The molecule has 1 heterocycles. The number of halogens is 2. The van der Waals surface area contributed by atoms with Gasteiger partial charge in [-0.15, -0.1) is 74.6 Å². The Morgan fingerprint density at radius 2 is 0.743 bits per heavy atom. The maximum absolute atomic E-state index is 4.93. The third-order valence-corrected chi connectivity index (χ3v) is 14.9. The van der Waals surface area contributed by atoms with Crippen LogP contribution in [-0.4, -0.2) is 9.52 Å². The smallest absolute Gasteiger partial charge is 0.0920 e. The maximum Gasteiger partial charge on any atom is 0.0920 e. The van der Waals surface area contributed by atoms with Crippen molar-refractivity contribution in [2.45, 2.75) is 27.7 Å². The minimum atomic E-state index is -0.826. The minimum absolute atomic E-state index is 0.795. The van der Waals surface area contributed by atoms with Crippen molar-refractivity contribution in [2.24, 2.45) is 0 Å². The van der Waals surface area contributed by atoms with Gasteiger partial charge in [0.05, 0.1) is 9.52 Å². The van der Waals surface area contributed by atoms with Crippen LogP contribution in [-0.2, 0) is 20.8 Å². The monoisotopic (exact) mass is 1080 g/mol. The number of fused-ring (bicyclic) bond motifs is 5. The quantitative estimate of drug-likeness (QED) is 0.115. The van der Waals surface area contributed by atoms with Gasteiger partial charge in [0.2, 0.25) is 0 Å². The summed E-state index contributed by atoms with van der Waals surface area (Å²) in [4.78, 5) is 0. The van der Waals surface area contributed by atoms with Crippen molar-refractivity contribution in [2.75, 3.05) is 0 Å². The largest absolute Gasteiger partial charge is 0.184 e. The van der Waals surface area contributed by atoms with Crippen molar-refractivity contribution < 1.29 is 20.8 Å². The molecule has 12 aromatic rings. The summed E-state index contributed by atoms with van der Waals surface area (Å²) in [6, 6.07) is 93.0. The molecule has 12 aromatic carbocycles. The Labute approximate surface area is 458 Å². The summed E-state index contributed by atoms with van der Waals surface area (Å²) in [5.41, 5.74) is 23.3. The topological polar surface area (TPSA) is 0 Å². The van der Waals surface area contributed by atoms with Gasteiger partial charge in [-0.25, -0.2) is 0 Å². The number of benzene rings is 10. The molecule has 4 heteroatoms. The molecule has 1 aliphatic heterocycles. The van der Waals surface area contributed by atoms with Crippen molar-refractivity contribution in [3.63, 3.8) is 0 Å². The van der Waals surface area contributed by atoms with E-state index in [9.17, 15) is 0 Å². The molecule has 0 saturated carbocycles. The molecule has 0 spiro atoms. The molecular formula is C70H53Cl2SiZr-3. The molecule has 0 atom stereocenters. The standard InChI is InChI=1S/2C29H23.C12H7Si.2ClH.Zr/c2*1-20-15-21(2)17-26(16-20)29-27(23-11-7-4-8-12-23)14-13-24-18-25(19-28(24)29)22-9-5-3-6-10-22;1-3-7-11-9(5-1)10-6-2-4-8-12(10)13-11;;;/h2*3-19H,1-2H3;1-7H;2*1H;/q3*-1;;;+2/p-2. The Morgan fingerprint density at radius 3 is 1.18 bits per heavy atom. The van der Waals surface area contributed by atoms with Crippen molar-refractivity contribution in [1.29, 1.82) is 0 Å². The Bertz CT molecular complexity index is 3540. The SMILES string of the molecule is Cc1cc(C)cc(-c2c(-c3ccccc3)ccc3[cH-]c(-c4ccccc4)cc23)c1.Cc1cc(C)cc(-c2c(-c3ccccc3)ccc3[cH-]c(-c4ccccc4)cc23)c1.[Cl][Zr][Cl].[c-]1cccc2c1[Si]c1ccccc1-2. The van der Waals surface area contributed by atoms with Crippen LogP contribution >= 0.6 is 17.0 Å². The van der Waals surface area contributed by atoms with Crippen molar-refractivity contribution >= 4 is 58.5 Å². The molecular weight excluding hydrogens is 1030 g/mol. The van der Waals surface area contributed by atoms with E-state index >= 15 is 0 Å². The zero-order chi connectivity index (χ0) is 51.0. The molecule has 0 bridgehead atoms. The summed E-state index contributed by atoms with van der Waals surface area (Å²) in [5.74, 6) is 0. The van der Waals surface area contributed by atoms with Crippen LogP contribution in [0.2, 0.25) is 0 Å². The number of rotatable bonds is 6. The van der Waals surface area contributed by atoms with E-state index in [0.29, 0.717) is 0 Å². The van der Waals surface area contributed by atoms with Gasteiger partial charge in [-0.05, 0) is 72.2 Å². The zero-order valence-electron chi connectivity index (χ0n) is 41.9. The van der Waals surface area contributed by atoms with Crippen molar-refractivity contribution in [3.05, 3.63) is 277 Å². The average Bonchev–Trinajstić information content (AvgIpc) is 4.18. The van der Waals surface area contributed by atoms with Crippen LogP contribution in [0.1, 0.15) is 22.3 Å². The first kappa shape index (κ1) is 50.6. The van der Waals surface area contributed by atoms with Crippen LogP contribution in [0.15, 0.2) is 249 Å². The Balaban J connectivity index is 0.000000131. The van der Waals surface area contributed by atoms with Crippen LogP contribution in [0.4, 0.5) is 0 Å². The Hall–Kier alpha value is -6.90. The van der Waals surface area contributed by atoms with Gasteiger partial charge in [-0.1, -0.05) is 238 Å². The first-order valence-corrected chi connectivity index (χ1v) is 32.3. The molecule has 0 fully saturated rings. The van der Waals surface area contributed by atoms with Gasteiger partial charge in [-0.3, -0.25) is 0 Å². The fraction of sp³-hybridized carbons (Fsp3) is 0.0571. The molecule has 13 rings (SSSR count). The van der Waals surface area contributed by atoms with Crippen molar-refractivity contribution in [3.8, 4) is 77.9 Å². The third-order valence-electron chi connectivity index (χ3n) is 13.5. The van der Waals surface area contributed by atoms with E-state index in [-0.39, 0.29) is 0 Å². The molecule has 74 heavy (non-hydrogen) atoms. The fourth-order valence-corrected chi connectivity index (χ4v) is 11.8. The molecule has 358 valence electrons. The predicted molar refractivity (Wildman–Crippen MR) is 318 cm³/mol. The molecule has 0 unspecified atom stereocenters. The number of aryl methyl sites for hydroxylation is 4. The zero-order valence-corrected chi connectivity index (χ0v) is 46.9. The van der Waals surface area contributed by atoms with Crippen LogP contribution < -0.4 is 10.4 Å². The van der Waals surface area contributed by atoms with Gasteiger partial charge in [0.25, 0.3) is 0 Å². The van der Waals surface area contributed by atoms with E-state index in [0.717, 1.165) is 9.52 Å². The van der Waals surface area contributed by atoms with Crippen LogP contribution in [0.25, 0.3) is 99.4 Å². The van der Waals surface area contributed by atoms with Crippen LogP contribution in [0.5, 0.6) is 0 Å². The van der Waals surface area contributed by atoms with Crippen LogP contribution in [0.3, 0.4) is 0 Å². The first-order chi connectivity index (χ1) is 36.2. The van der Waals surface area contributed by atoms with E-state index in [2.05, 4.69) is 276 Å². The molecule has 0 saturated heterocycles. The summed E-state index contributed by atoms with van der Waals surface area (Å²) >= 11 is -0.826. The molecule has 0 aliphatic carbocycles. The minimum Gasteiger partial charge on any atom is -0.184 e. The van der Waals surface area contributed by atoms with E-state index in [1.54, 1.807) is 0 Å². The van der Waals surface area contributed by atoms with Gasteiger partial charge in [0, 0.05) is 0 Å². The van der Waals surface area contributed by atoms with E-state index in [1.165, 1.54) is 132 Å². The molecule has 0 nitrogen and oxygen atoms in total. The van der Waals surface area contributed by atoms with Crippen molar-refractivity contribution in [1.82, 2.24) is 0 Å². The number of hydrogen-bond donors (Lipinski definition) is 0. The second-order valence-electron chi connectivity index (χ2n) is 18.9. The average molecular weight is 1080 g/mol. The maximum atomic E-state index is 4.93. The molecule has 0 aromatic heterocycles.